The second-order valence-corrected chi connectivity index (χ2v) is 5.94. The molecule has 2 atom stereocenters. The van der Waals surface area contributed by atoms with Crippen LogP contribution in [0.2, 0.25) is 0 Å². The van der Waals surface area contributed by atoms with Crippen molar-refractivity contribution >= 4 is 5.91 Å². The fourth-order valence-corrected chi connectivity index (χ4v) is 3.14. The zero-order valence-electron chi connectivity index (χ0n) is 13.2. The fourth-order valence-electron chi connectivity index (χ4n) is 3.14. The number of morpholine rings is 1. The van der Waals surface area contributed by atoms with Gasteiger partial charge in [-0.3, -0.25) is 9.69 Å². The van der Waals surface area contributed by atoms with E-state index in [1.165, 1.54) is 0 Å². The van der Waals surface area contributed by atoms with Crippen molar-refractivity contribution in [1.29, 1.82) is 0 Å². The van der Waals surface area contributed by atoms with Crippen LogP contribution in [-0.2, 0) is 9.53 Å². The van der Waals surface area contributed by atoms with Crippen molar-refractivity contribution in [2.75, 3.05) is 46.0 Å². The number of nitrogens with zero attached hydrogens (tertiary/aromatic N) is 2. The van der Waals surface area contributed by atoms with Crippen molar-refractivity contribution in [2.45, 2.75) is 18.6 Å². The Morgan fingerprint density at radius 1 is 1.26 bits per heavy atom. The van der Waals surface area contributed by atoms with Gasteiger partial charge in [0.1, 0.15) is 18.5 Å². The molecule has 6 heteroatoms. The molecule has 2 saturated heterocycles. The van der Waals surface area contributed by atoms with E-state index in [2.05, 4.69) is 0 Å². The van der Waals surface area contributed by atoms with E-state index in [9.17, 15) is 9.18 Å². The highest BCUT2D eigenvalue weighted by Crippen LogP contribution is 2.22. The summed E-state index contributed by atoms with van der Waals surface area (Å²) in [5.41, 5.74) is 0. The lowest BCUT2D eigenvalue weighted by atomic mass is 10.1. The molecule has 2 aliphatic rings. The maximum atomic E-state index is 13.8. The van der Waals surface area contributed by atoms with Gasteiger partial charge in [-0.15, -0.1) is 0 Å². The van der Waals surface area contributed by atoms with Crippen LogP contribution in [0.4, 0.5) is 4.39 Å². The number of benzene rings is 1. The summed E-state index contributed by atoms with van der Waals surface area (Å²) in [7, 11) is 0. The van der Waals surface area contributed by atoms with Gasteiger partial charge >= 0.3 is 0 Å². The Morgan fingerprint density at radius 2 is 2.00 bits per heavy atom. The molecule has 0 bridgehead atoms. The number of rotatable bonds is 5. The van der Waals surface area contributed by atoms with E-state index >= 15 is 0 Å². The van der Waals surface area contributed by atoms with E-state index in [1.807, 2.05) is 35.2 Å². The van der Waals surface area contributed by atoms with E-state index in [-0.39, 0.29) is 18.4 Å². The average Bonchev–Trinajstić information content (AvgIpc) is 2.97. The molecular formula is C17H23FN2O3. The standard InChI is InChI=1S/C17H23FN2O3/c18-14-12-16(17(21)19-6-9-22-10-7-19)20(13-14)8-11-23-15-4-2-1-3-5-15/h1-5,14,16H,6-13H2/t14-,16+/m1/s1. The quantitative estimate of drug-likeness (QED) is 0.820. The van der Waals surface area contributed by atoms with Gasteiger partial charge in [0.15, 0.2) is 0 Å². The van der Waals surface area contributed by atoms with Gasteiger partial charge in [-0.25, -0.2) is 4.39 Å². The van der Waals surface area contributed by atoms with Crippen LogP contribution in [0.25, 0.3) is 0 Å². The summed E-state index contributed by atoms with van der Waals surface area (Å²) in [6.45, 7) is 3.63. The maximum Gasteiger partial charge on any atom is 0.240 e. The molecule has 0 aromatic heterocycles. The van der Waals surface area contributed by atoms with Gasteiger partial charge in [-0.05, 0) is 12.1 Å². The summed E-state index contributed by atoms with van der Waals surface area (Å²) in [5.74, 6) is 0.813. The van der Waals surface area contributed by atoms with Crippen molar-refractivity contribution < 1.29 is 18.7 Å². The highest BCUT2D eigenvalue weighted by molar-refractivity contribution is 5.82. The first-order valence-corrected chi connectivity index (χ1v) is 8.16. The summed E-state index contributed by atoms with van der Waals surface area (Å²) in [5, 5.41) is 0. The Kier molecular flexibility index (Phi) is 5.46. The Morgan fingerprint density at radius 3 is 2.74 bits per heavy atom. The number of carbonyl (C=O) groups excluding carboxylic acids is 1. The first kappa shape index (κ1) is 16.2. The van der Waals surface area contributed by atoms with Crippen LogP contribution < -0.4 is 4.74 Å². The average molecular weight is 322 g/mol. The van der Waals surface area contributed by atoms with Gasteiger partial charge in [0.05, 0.1) is 19.3 Å². The lowest BCUT2D eigenvalue weighted by Gasteiger charge is -2.32. The van der Waals surface area contributed by atoms with Crippen molar-refractivity contribution in [1.82, 2.24) is 9.80 Å². The number of likely N-dealkylation sites (tertiary alicyclic amines) is 1. The summed E-state index contributed by atoms with van der Waals surface area (Å²) in [6, 6.07) is 9.15. The summed E-state index contributed by atoms with van der Waals surface area (Å²) in [6.07, 6.45) is -0.664. The third kappa shape index (κ3) is 4.20. The predicted octanol–water partition coefficient (Wildman–Crippen LogP) is 1.34. The molecule has 2 aliphatic heterocycles. The van der Waals surface area contributed by atoms with Gasteiger partial charge in [-0.1, -0.05) is 18.2 Å². The molecule has 23 heavy (non-hydrogen) atoms. The number of amides is 1. The smallest absolute Gasteiger partial charge is 0.240 e. The van der Waals surface area contributed by atoms with Crippen molar-refractivity contribution in [2.24, 2.45) is 0 Å². The Balaban J connectivity index is 1.53. The molecule has 0 aliphatic carbocycles. The molecule has 2 fully saturated rings. The molecule has 0 unspecified atom stereocenters. The van der Waals surface area contributed by atoms with E-state index in [4.69, 9.17) is 9.47 Å². The highest BCUT2D eigenvalue weighted by Gasteiger charge is 2.39. The van der Waals surface area contributed by atoms with Crippen LogP contribution >= 0.6 is 0 Å². The van der Waals surface area contributed by atoms with Crippen LogP contribution in [0, 0.1) is 0 Å². The topological polar surface area (TPSA) is 42.0 Å². The van der Waals surface area contributed by atoms with Gasteiger partial charge in [-0.2, -0.15) is 0 Å². The van der Waals surface area contributed by atoms with E-state index in [0.717, 1.165) is 5.75 Å². The van der Waals surface area contributed by atoms with Crippen molar-refractivity contribution in [3.63, 3.8) is 0 Å². The van der Waals surface area contributed by atoms with Gasteiger partial charge in [0.25, 0.3) is 0 Å². The maximum absolute atomic E-state index is 13.8. The number of halogens is 1. The molecule has 1 amide bonds. The van der Waals surface area contributed by atoms with Crippen molar-refractivity contribution in [3.05, 3.63) is 30.3 Å². The Labute approximate surface area is 136 Å². The monoisotopic (exact) mass is 322 g/mol. The van der Waals surface area contributed by atoms with Crippen LogP contribution in [0.3, 0.4) is 0 Å². The molecule has 1 aromatic rings. The molecule has 126 valence electrons. The van der Waals surface area contributed by atoms with Gasteiger partial charge in [0.2, 0.25) is 5.91 Å². The largest absolute Gasteiger partial charge is 0.492 e. The molecule has 0 spiro atoms. The molecule has 3 rings (SSSR count). The van der Waals surface area contributed by atoms with E-state index in [0.29, 0.717) is 46.0 Å². The van der Waals surface area contributed by atoms with Crippen LogP contribution in [0.1, 0.15) is 6.42 Å². The summed E-state index contributed by atoms with van der Waals surface area (Å²) in [4.78, 5) is 16.3. The number of ether oxygens (including phenoxy) is 2. The molecule has 0 radical (unpaired) electrons. The SMILES string of the molecule is O=C([C@@H]1C[C@@H](F)CN1CCOc1ccccc1)N1CCOCC1. The first-order valence-electron chi connectivity index (χ1n) is 8.16. The second kappa shape index (κ2) is 7.75. The minimum atomic E-state index is -0.943. The normalized spacial score (nSPS) is 25.5. The zero-order valence-corrected chi connectivity index (χ0v) is 13.2. The number of carbonyl (C=O) groups is 1. The molecule has 5 nitrogen and oxygen atoms in total. The van der Waals surface area contributed by atoms with Crippen LogP contribution in [0.15, 0.2) is 30.3 Å². The molecule has 2 heterocycles. The summed E-state index contributed by atoms with van der Waals surface area (Å²) < 4.78 is 24.8. The lowest BCUT2D eigenvalue weighted by molar-refractivity contribution is -0.140. The highest BCUT2D eigenvalue weighted by atomic mass is 19.1. The lowest BCUT2D eigenvalue weighted by Crippen LogP contribution is -2.50. The van der Waals surface area contributed by atoms with Gasteiger partial charge in [0, 0.05) is 32.6 Å². The van der Waals surface area contributed by atoms with Gasteiger partial charge < -0.3 is 14.4 Å². The molecule has 0 saturated carbocycles. The predicted molar refractivity (Wildman–Crippen MR) is 84.2 cm³/mol. The number of hydrogen-bond acceptors (Lipinski definition) is 4. The van der Waals surface area contributed by atoms with Crippen LogP contribution in [0.5, 0.6) is 5.75 Å². The first-order chi connectivity index (χ1) is 11.2. The zero-order chi connectivity index (χ0) is 16.1. The van der Waals surface area contributed by atoms with E-state index < -0.39 is 6.17 Å². The van der Waals surface area contributed by atoms with Crippen LogP contribution in [-0.4, -0.2) is 73.9 Å². The minimum absolute atomic E-state index is 0.0214. The summed E-state index contributed by atoms with van der Waals surface area (Å²) >= 11 is 0. The third-order valence-electron chi connectivity index (χ3n) is 4.35. The minimum Gasteiger partial charge on any atom is -0.492 e. The van der Waals surface area contributed by atoms with Crippen molar-refractivity contribution in [3.8, 4) is 5.75 Å². The Hall–Kier alpha value is -1.66. The number of hydrogen-bond donors (Lipinski definition) is 0. The number of para-hydroxylation sites is 1. The Bertz CT molecular complexity index is 508. The van der Waals surface area contributed by atoms with E-state index in [1.54, 1.807) is 4.90 Å². The molecule has 1 aromatic carbocycles. The molecule has 0 N–H and O–H groups in total. The fraction of sp³-hybridized carbons (Fsp3) is 0.588. The second-order valence-electron chi connectivity index (χ2n) is 5.94. The third-order valence-corrected chi connectivity index (χ3v) is 4.35. The number of alkyl halides is 1. The molecular weight excluding hydrogens is 299 g/mol.